The first-order valence-corrected chi connectivity index (χ1v) is 10.4. The standard InChI is InChI=1S/C27H24N2O4/c1-31-24-13-12-20(14-26(24)33-18-19-8-4-3-5-9-19)17-28-29-27(30)23-15-21-10-6-7-11-22(21)16-25(23)32-2/h3-17H,18H2,1-2H3,(H,29,30). The van der Waals surface area contributed by atoms with Crippen LogP contribution in [0.2, 0.25) is 0 Å². The van der Waals surface area contributed by atoms with Crippen molar-refractivity contribution >= 4 is 22.9 Å². The van der Waals surface area contributed by atoms with Crippen molar-refractivity contribution in [2.45, 2.75) is 6.61 Å². The molecule has 0 bridgehead atoms. The molecule has 1 amide bonds. The van der Waals surface area contributed by atoms with Crippen LogP contribution in [0.5, 0.6) is 17.2 Å². The van der Waals surface area contributed by atoms with Gasteiger partial charge in [-0.05, 0) is 52.2 Å². The SMILES string of the molecule is COc1ccc(C=NNC(=O)c2cc3ccccc3cc2OC)cc1OCc1ccccc1. The highest BCUT2D eigenvalue weighted by Gasteiger charge is 2.13. The molecule has 0 saturated carbocycles. The van der Waals surface area contributed by atoms with Gasteiger partial charge in [-0.25, -0.2) is 5.43 Å². The van der Waals surface area contributed by atoms with E-state index >= 15 is 0 Å². The first-order valence-electron chi connectivity index (χ1n) is 10.4. The van der Waals surface area contributed by atoms with Crippen LogP contribution in [0.4, 0.5) is 0 Å². The van der Waals surface area contributed by atoms with Gasteiger partial charge in [0, 0.05) is 0 Å². The maximum absolute atomic E-state index is 12.7. The van der Waals surface area contributed by atoms with E-state index in [4.69, 9.17) is 14.2 Å². The van der Waals surface area contributed by atoms with Crippen molar-refractivity contribution in [3.05, 3.63) is 102 Å². The Morgan fingerprint density at radius 2 is 1.52 bits per heavy atom. The number of benzene rings is 4. The van der Waals surface area contributed by atoms with Crippen molar-refractivity contribution in [3.63, 3.8) is 0 Å². The van der Waals surface area contributed by atoms with Crippen LogP contribution in [0.25, 0.3) is 10.8 Å². The van der Waals surface area contributed by atoms with Crippen LogP contribution < -0.4 is 19.6 Å². The fraction of sp³-hybridized carbons (Fsp3) is 0.111. The molecular weight excluding hydrogens is 416 g/mol. The highest BCUT2D eigenvalue weighted by atomic mass is 16.5. The number of rotatable bonds is 8. The van der Waals surface area contributed by atoms with Crippen LogP contribution in [0.15, 0.2) is 90.0 Å². The Labute approximate surface area is 192 Å². The van der Waals surface area contributed by atoms with E-state index in [-0.39, 0.29) is 5.91 Å². The van der Waals surface area contributed by atoms with Gasteiger partial charge in [0.15, 0.2) is 11.5 Å². The number of hydrogen-bond acceptors (Lipinski definition) is 5. The predicted octanol–water partition coefficient (Wildman–Crippen LogP) is 5.20. The Bertz CT molecular complexity index is 1290. The molecule has 0 aliphatic carbocycles. The molecule has 0 aliphatic heterocycles. The average molecular weight is 440 g/mol. The van der Waals surface area contributed by atoms with Gasteiger partial charge in [0.05, 0.1) is 26.0 Å². The highest BCUT2D eigenvalue weighted by Crippen LogP contribution is 2.29. The van der Waals surface area contributed by atoms with E-state index in [2.05, 4.69) is 10.5 Å². The number of methoxy groups -OCH3 is 2. The zero-order chi connectivity index (χ0) is 23.0. The second kappa shape index (κ2) is 10.3. The summed E-state index contributed by atoms with van der Waals surface area (Å²) in [6, 6.07) is 26.8. The lowest BCUT2D eigenvalue weighted by Crippen LogP contribution is -2.18. The smallest absolute Gasteiger partial charge is 0.275 e. The molecule has 0 aliphatic rings. The minimum atomic E-state index is -0.358. The van der Waals surface area contributed by atoms with Gasteiger partial charge < -0.3 is 14.2 Å². The molecule has 4 aromatic rings. The normalized spacial score (nSPS) is 10.8. The van der Waals surface area contributed by atoms with Gasteiger partial charge in [0.25, 0.3) is 5.91 Å². The van der Waals surface area contributed by atoms with Crippen LogP contribution in [0.1, 0.15) is 21.5 Å². The summed E-state index contributed by atoms with van der Waals surface area (Å²) in [4.78, 5) is 12.7. The number of nitrogens with zero attached hydrogens (tertiary/aromatic N) is 1. The Hall–Kier alpha value is -4.32. The lowest BCUT2D eigenvalue weighted by atomic mass is 10.1. The van der Waals surface area contributed by atoms with Gasteiger partial charge in [0.1, 0.15) is 12.4 Å². The molecule has 0 unspecified atom stereocenters. The molecule has 0 atom stereocenters. The molecule has 0 heterocycles. The van der Waals surface area contributed by atoms with Crippen molar-refractivity contribution in [2.75, 3.05) is 14.2 Å². The number of hydrogen-bond donors (Lipinski definition) is 1. The Morgan fingerprint density at radius 3 is 2.24 bits per heavy atom. The fourth-order valence-electron chi connectivity index (χ4n) is 3.41. The number of carbonyl (C=O) groups is 1. The van der Waals surface area contributed by atoms with Crippen molar-refractivity contribution < 1.29 is 19.0 Å². The van der Waals surface area contributed by atoms with E-state index in [1.165, 1.54) is 0 Å². The molecule has 166 valence electrons. The van der Waals surface area contributed by atoms with Gasteiger partial charge in [0.2, 0.25) is 0 Å². The third-order valence-electron chi connectivity index (χ3n) is 5.12. The van der Waals surface area contributed by atoms with E-state index in [0.29, 0.717) is 29.4 Å². The van der Waals surface area contributed by atoms with E-state index < -0.39 is 0 Å². The Balaban J connectivity index is 1.47. The van der Waals surface area contributed by atoms with Gasteiger partial charge >= 0.3 is 0 Å². The topological polar surface area (TPSA) is 69.2 Å². The zero-order valence-electron chi connectivity index (χ0n) is 18.4. The highest BCUT2D eigenvalue weighted by molar-refractivity contribution is 6.02. The first-order chi connectivity index (χ1) is 16.2. The molecule has 6 heteroatoms. The minimum absolute atomic E-state index is 0.358. The van der Waals surface area contributed by atoms with Crippen LogP contribution >= 0.6 is 0 Å². The van der Waals surface area contributed by atoms with Crippen molar-refractivity contribution in [2.24, 2.45) is 5.10 Å². The number of nitrogens with one attached hydrogen (secondary N) is 1. The lowest BCUT2D eigenvalue weighted by molar-refractivity contribution is 0.0952. The van der Waals surface area contributed by atoms with E-state index in [0.717, 1.165) is 21.9 Å². The molecule has 4 aromatic carbocycles. The zero-order valence-corrected chi connectivity index (χ0v) is 18.4. The van der Waals surface area contributed by atoms with Crippen molar-refractivity contribution in [3.8, 4) is 17.2 Å². The molecule has 0 fully saturated rings. The van der Waals surface area contributed by atoms with Crippen LogP contribution in [-0.2, 0) is 6.61 Å². The van der Waals surface area contributed by atoms with Crippen LogP contribution in [-0.4, -0.2) is 26.3 Å². The summed E-state index contributed by atoms with van der Waals surface area (Å²) in [5.74, 6) is 1.34. The van der Waals surface area contributed by atoms with Crippen LogP contribution in [0.3, 0.4) is 0 Å². The quantitative estimate of drug-likeness (QED) is 0.302. The van der Waals surface area contributed by atoms with Gasteiger partial charge in [-0.1, -0.05) is 54.6 Å². The van der Waals surface area contributed by atoms with E-state index in [9.17, 15) is 4.79 Å². The summed E-state index contributed by atoms with van der Waals surface area (Å²) in [5, 5.41) is 6.05. The second-order valence-corrected chi connectivity index (χ2v) is 7.28. The molecule has 1 N–H and O–H groups in total. The number of amides is 1. The lowest BCUT2D eigenvalue weighted by Gasteiger charge is -2.11. The minimum Gasteiger partial charge on any atom is -0.496 e. The Kier molecular flexibility index (Phi) is 6.85. The maximum Gasteiger partial charge on any atom is 0.275 e. The van der Waals surface area contributed by atoms with E-state index in [1.54, 1.807) is 32.6 Å². The third-order valence-corrected chi connectivity index (χ3v) is 5.12. The first kappa shape index (κ1) is 21.9. The summed E-state index contributed by atoms with van der Waals surface area (Å²) in [5.41, 5.74) is 4.79. The summed E-state index contributed by atoms with van der Waals surface area (Å²) >= 11 is 0. The molecule has 0 radical (unpaired) electrons. The third kappa shape index (κ3) is 5.30. The summed E-state index contributed by atoms with van der Waals surface area (Å²) in [6.07, 6.45) is 1.56. The maximum atomic E-state index is 12.7. The fourth-order valence-corrected chi connectivity index (χ4v) is 3.41. The monoisotopic (exact) mass is 440 g/mol. The average Bonchev–Trinajstić information content (AvgIpc) is 2.87. The number of ether oxygens (including phenoxy) is 3. The summed E-state index contributed by atoms with van der Waals surface area (Å²) < 4.78 is 16.7. The van der Waals surface area contributed by atoms with Crippen LogP contribution in [0, 0.1) is 0 Å². The summed E-state index contributed by atoms with van der Waals surface area (Å²) in [7, 11) is 3.13. The molecule has 4 rings (SSSR count). The molecule has 6 nitrogen and oxygen atoms in total. The van der Waals surface area contributed by atoms with E-state index in [1.807, 2.05) is 72.8 Å². The molecule has 0 aromatic heterocycles. The number of carbonyl (C=O) groups excluding carboxylic acids is 1. The molecular formula is C27H24N2O4. The Morgan fingerprint density at radius 1 is 0.818 bits per heavy atom. The van der Waals surface area contributed by atoms with Crippen molar-refractivity contribution in [1.82, 2.24) is 5.43 Å². The largest absolute Gasteiger partial charge is 0.496 e. The number of fused-ring (bicyclic) bond motifs is 1. The number of hydrazone groups is 1. The van der Waals surface area contributed by atoms with Gasteiger partial charge in [-0.15, -0.1) is 0 Å². The molecule has 0 saturated heterocycles. The predicted molar refractivity (Wildman–Crippen MR) is 129 cm³/mol. The molecule has 0 spiro atoms. The summed E-state index contributed by atoms with van der Waals surface area (Å²) in [6.45, 7) is 0.413. The second-order valence-electron chi connectivity index (χ2n) is 7.28. The van der Waals surface area contributed by atoms with Crippen molar-refractivity contribution in [1.29, 1.82) is 0 Å². The molecule has 33 heavy (non-hydrogen) atoms. The van der Waals surface area contributed by atoms with Gasteiger partial charge in [-0.2, -0.15) is 5.10 Å². The van der Waals surface area contributed by atoms with Gasteiger partial charge in [-0.3, -0.25) is 4.79 Å².